The first-order valence-electron chi connectivity index (χ1n) is 6.94. The predicted octanol–water partition coefficient (Wildman–Crippen LogP) is 3.12. The summed E-state index contributed by atoms with van der Waals surface area (Å²) in [6.07, 6.45) is 0. The fraction of sp³-hybridized carbons (Fsp3) is 0.176. The zero-order chi connectivity index (χ0) is 16.7. The van der Waals surface area contributed by atoms with Gasteiger partial charge in [0.05, 0.1) is 32.4 Å². The van der Waals surface area contributed by atoms with Crippen LogP contribution >= 0.6 is 24.0 Å². The lowest BCUT2D eigenvalue weighted by molar-refractivity contribution is 0.355. The number of ether oxygens (including phenoxy) is 2. The van der Waals surface area contributed by atoms with Gasteiger partial charge in [-0.05, 0) is 29.8 Å². The van der Waals surface area contributed by atoms with Crippen molar-refractivity contribution in [3.63, 3.8) is 0 Å². The average molecular weight is 438 g/mol. The number of nitrogens with zero attached hydrogens (tertiary/aromatic N) is 2. The van der Waals surface area contributed by atoms with Crippen molar-refractivity contribution in [2.24, 2.45) is 10.7 Å². The number of aliphatic imine (C=N–C) groups is 1. The van der Waals surface area contributed by atoms with Gasteiger partial charge >= 0.3 is 0 Å². The van der Waals surface area contributed by atoms with Gasteiger partial charge in [0, 0.05) is 11.8 Å². The van der Waals surface area contributed by atoms with E-state index in [9.17, 15) is 0 Å². The first-order chi connectivity index (χ1) is 11.2. The molecule has 0 unspecified atom stereocenters. The lowest BCUT2D eigenvalue weighted by Gasteiger charge is -2.11. The molecule has 3 N–H and O–H groups in total. The van der Waals surface area contributed by atoms with E-state index in [4.69, 9.17) is 20.5 Å². The van der Waals surface area contributed by atoms with Crippen LogP contribution in [0, 0.1) is 11.3 Å². The summed E-state index contributed by atoms with van der Waals surface area (Å²) in [6.45, 7) is 0.391. The number of nitrogens with two attached hydrogens (primary N) is 1. The number of anilines is 1. The van der Waals surface area contributed by atoms with Crippen molar-refractivity contribution in [2.45, 2.75) is 6.54 Å². The van der Waals surface area contributed by atoms with E-state index in [-0.39, 0.29) is 29.9 Å². The highest BCUT2D eigenvalue weighted by molar-refractivity contribution is 14.0. The van der Waals surface area contributed by atoms with Gasteiger partial charge in [-0.25, -0.2) is 4.99 Å². The van der Waals surface area contributed by atoms with Gasteiger partial charge in [0.15, 0.2) is 17.5 Å². The Morgan fingerprint density at radius 1 is 1.17 bits per heavy atom. The van der Waals surface area contributed by atoms with Crippen LogP contribution < -0.4 is 20.5 Å². The van der Waals surface area contributed by atoms with Gasteiger partial charge in [-0.2, -0.15) is 5.26 Å². The molecule has 6 nitrogen and oxygen atoms in total. The SMILES string of the molecule is COc1ccc(NC(N)=NCc2cccc(C#N)c2)cc1OC.I. The molecular weight excluding hydrogens is 419 g/mol. The summed E-state index contributed by atoms with van der Waals surface area (Å²) in [6, 6.07) is 14.7. The molecule has 24 heavy (non-hydrogen) atoms. The number of hydrogen-bond acceptors (Lipinski definition) is 4. The van der Waals surface area contributed by atoms with E-state index in [2.05, 4.69) is 16.4 Å². The number of nitrogens with one attached hydrogen (secondary N) is 1. The Hall–Kier alpha value is -2.47. The molecule has 2 aromatic carbocycles. The summed E-state index contributed by atoms with van der Waals surface area (Å²) in [5, 5.41) is 11.9. The van der Waals surface area contributed by atoms with Crippen molar-refractivity contribution in [1.29, 1.82) is 5.26 Å². The van der Waals surface area contributed by atoms with Crippen molar-refractivity contribution >= 4 is 35.6 Å². The lowest BCUT2D eigenvalue weighted by atomic mass is 10.1. The molecule has 0 amide bonds. The van der Waals surface area contributed by atoms with E-state index in [0.29, 0.717) is 23.6 Å². The molecule has 0 atom stereocenters. The molecule has 2 aromatic rings. The van der Waals surface area contributed by atoms with Crippen molar-refractivity contribution < 1.29 is 9.47 Å². The van der Waals surface area contributed by atoms with Crippen LogP contribution in [0.25, 0.3) is 0 Å². The minimum absolute atomic E-state index is 0. The number of guanidine groups is 1. The standard InChI is InChI=1S/C17H18N4O2.HI/c1-22-15-7-6-14(9-16(15)23-2)21-17(19)20-11-13-5-3-4-12(8-13)10-18;/h3-9H,11H2,1-2H3,(H3,19,20,21);1H. The molecule has 0 aromatic heterocycles. The van der Waals surface area contributed by atoms with E-state index in [1.54, 1.807) is 38.5 Å². The minimum atomic E-state index is 0. The summed E-state index contributed by atoms with van der Waals surface area (Å²) < 4.78 is 10.4. The van der Waals surface area contributed by atoms with Crippen LogP contribution in [0.4, 0.5) is 5.69 Å². The molecule has 0 spiro atoms. The molecule has 2 rings (SSSR count). The third-order valence-corrected chi connectivity index (χ3v) is 3.14. The van der Waals surface area contributed by atoms with E-state index in [1.165, 1.54) is 0 Å². The van der Waals surface area contributed by atoms with Gasteiger partial charge in [0.25, 0.3) is 0 Å². The number of halogens is 1. The molecule has 0 bridgehead atoms. The molecule has 0 heterocycles. The van der Waals surface area contributed by atoms with Crippen molar-refractivity contribution in [3.8, 4) is 17.6 Å². The molecule has 0 aliphatic carbocycles. The fourth-order valence-corrected chi connectivity index (χ4v) is 2.02. The second kappa shape index (κ2) is 9.62. The molecule has 0 aliphatic rings. The number of hydrogen-bond donors (Lipinski definition) is 2. The molecule has 126 valence electrons. The Morgan fingerprint density at radius 2 is 1.92 bits per heavy atom. The van der Waals surface area contributed by atoms with Crippen LogP contribution in [0.15, 0.2) is 47.5 Å². The van der Waals surface area contributed by atoms with Gasteiger partial charge in [0.1, 0.15) is 0 Å². The first kappa shape index (κ1) is 19.6. The van der Waals surface area contributed by atoms with Gasteiger partial charge in [0.2, 0.25) is 0 Å². The van der Waals surface area contributed by atoms with Gasteiger partial charge in [-0.1, -0.05) is 12.1 Å². The third-order valence-electron chi connectivity index (χ3n) is 3.14. The summed E-state index contributed by atoms with van der Waals surface area (Å²) >= 11 is 0. The summed E-state index contributed by atoms with van der Waals surface area (Å²) in [4.78, 5) is 4.27. The number of rotatable bonds is 5. The summed E-state index contributed by atoms with van der Waals surface area (Å²) in [5.41, 5.74) is 8.15. The van der Waals surface area contributed by atoms with Crippen LogP contribution in [0.3, 0.4) is 0 Å². The lowest BCUT2D eigenvalue weighted by Crippen LogP contribution is -2.22. The number of nitriles is 1. The van der Waals surface area contributed by atoms with Crippen LogP contribution in [-0.2, 0) is 6.54 Å². The molecule has 0 aliphatic heterocycles. The first-order valence-corrected chi connectivity index (χ1v) is 6.94. The Kier molecular flexibility index (Phi) is 7.85. The molecule has 0 radical (unpaired) electrons. The molecule has 0 fully saturated rings. The minimum Gasteiger partial charge on any atom is -0.493 e. The molecule has 7 heteroatoms. The monoisotopic (exact) mass is 438 g/mol. The highest BCUT2D eigenvalue weighted by Gasteiger charge is 2.05. The Balaban J connectivity index is 0.00000288. The zero-order valence-corrected chi connectivity index (χ0v) is 15.8. The van der Waals surface area contributed by atoms with Gasteiger partial charge in [-0.3, -0.25) is 0 Å². The number of methoxy groups -OCH3 is 2. The second-order valence-corrected chi connectivity index (χ2v) is 4.71. The number of benzene rings is 2. The largest absolute Gasteiger partial charge is 0.493 e. The Morgan fingerprint density at radius 3 is 2.58 bits per heavy atom. The van der Waals surface area contributed by atoms with Crippen LogP contribution in [0.5, 0.6) is 11.5 Å². The van der Waals surface area contributed by atoms with E-state index < -0.39 is 0 Å². The smallest absolute Gasteiger partial charge is 0.193 e. The van der Waals surface area contributed by atoms with E-state index in [1.807, 2.05) is 18.2 Å². The predicted molar refractivity (Wildman–Crippen MR) is 105 cm³/mol. The molecule has 0 saturated heterocycles. The van der Waals surface area contributed by atoms with Crippen molar-refractivity contribution in [1.82, 2.24) is 0 Å². The van der Waals surface area contributed by atoms with Gasteiger partial charge < -0.3 is 20.5 Å². The maximum Gasteiger partial charge on any atom is 0.193 e. The average Bonchev–Trinajstić information content (AvgIpc) is 2.60. The van der Waals surface area contributed by atoms with Crippen LogP contribution in [0.2, 0.25) is 0 Å². The third kappa shape index (κ3) is 5.31. The quantitative estimate of drug-likeness (QED) is 0.425. The van der Waals surface area contributed by atoms with Gasteiger partial charge in [-0.15, -0.1) is 24.0 Å². The van der Waals surface area contributed by atoms with E-state index >= 15 is 0 Å². The van der Waals surface area contributed by atoms with Crippen molar-refractivity contribution in [3.05, 3.63) is 53.6 Å². The highest BCUT2D eigenvalue weighted by atomic mass is 127. The topological polar surface area (TPSA) is 92.7 Å². The molecule has 0 saturated carbocycles. The normalized spacial score (nSPS) is 10.3. The molecular formula is C17H19IN4O2. The Labute approximate surface area is 158 Å². The Bertz CT molecular complexity index is 756. The maximum absolute atomic E-state index is 8.88. The summed E-state index contributed by atoms with van der Waals surface area (Å²) in [5.74, 6) is 1.52. The van der Waals surface area contributed by atoms with Crippen molar-refractivity contribution in [2.75, 3.05) is 19.5 Å². The fourth-order valence-electron chi connectivity index (χ4n) is 2.02. The highest BCUT2D eigenvalue weighted by Crippen LogP contribution is 2.29. The summed E-state index contributed by atoms with van der Waals surface area (Å²) in [7, 11) is 3.15. The van der Waals surface area contributed by atoms with Crippen LogP contribution in [-0.4, -0.2) is 20.2 Å². The van der Waals surface area contributed by atoms with E-state index in [0.717, 1.165) is 11.3 Å². The second-order valence-electron chi connectivity index (χ2n) is 4.71. The maximum atomic E-state index is 8.88. The van der Waals surface area contributed by atoms with Crippen LogP contribution in [0.1, 0.15) is 11.1 Å². The zero-order valence-electron chi connectivity index (χ0n) is 13.4.